The molecule has 0 aromatic heterocycles. The van der Waals surface area contributed by atoms with Crippen LogP contribution in [0.1, 0.15) is 5.56 Å². The van der Waals surface area contributed by atoms with E-state index in [0.717, 1.165) is 21.5 Å². The first-order chi connectivity index (χ1) is 9.11. The maximum Gasteiger partial charge on any atom is 0.142 e. The number of halogens is 2. The monoisotopic (exact) mass is 341 g/mol. The summed E-state index contributed by atoms with van der Waals surface area (Å²) in [5.74, 6) is 0.843. The van der Waals surface area contributed by atoms with Crippen molar-refractivity contribution >= 4 is 33.2 Å². The van der Waals surface area contributed by atoms with Crippen LogP contribution < -0.4 is 10.1 Å². The second-order valence-electron chi connectivity index (χ2n) is 3.95. The van der Waals surface area contributed by atoms with Crippen LogP contribution >= 0.6 is 27.5 Å². The molecule has 0 aliphatic carbocycles. The van der Waals surface area contributed by atoms with Gasteiger partial charge in [0.05, 0.1) is 17.8 Å². The zero-order chi connectivity index (χ0) is 13.8. The summed E-state index contributed by atoms with van der Waals surface area (Å²) in [7, 11) is 1.62. The maximum absolute atomic E-state index is 9.84. The molecule has 0 saturated carbocycles. The Morgan fingerprint density at radius 1 is 1.32 bits per heavy atom. The van der Waals surface area contributed by atoms with Gasteiger partial charge in [0.1, 0.15) is 11.5 Å². The minimum Gasteiger partial charge on any atom is -0.506 e. The third kappa shape index (κ3) is 3.33. The first-order valence-corrected chi connectivity index (χ1v) is 6.82. The molecule has 0 aliphatic rings. The van der Waals surface area contributed by atoms with Gasteiger partial charge >= 0.3 is 0 Å². The van der Waals surface area contributed by atoms with Gasteiger partial charge in [-0.1, -0.05) is 39.7 Å². The summed E-state index contributed by atoms with van der Waals surface area (Å²) < 4.78 is 6.22. The third-order valence-electron chi connectivity index (χ3n) is 2.70. The lowest BCUT2D eigenvalue weighted by Gasteiger charge is -2.12. The van der Waals surface area contributed by atoms with Crippen LogP contribution in [0, 0.1) is 0 Å². The van der Waals surface area contributed by atoms with Gasteiger partial charge in [-0.25, -0.2) is 0 Å². The van der Waals surface area contributed by atoms with E-state index in [4.69, 9.17) is 16.3 Å². The molecule has 2 aromatic rings. The molecule has 19 heavy (non-hydrogen) atoms. The highest BCUT2D eigenvalue weighted by atomic mass is 79.9. The maximum atomic E-state index is 9.84. The van der Waals surface area contributed by atoms with E-state index in [9.17, 15) is 5.11 Å². The van der Waals surface area contributed by atoms with Gasteiger partial charge in [0.15, 0.2) is 0 Å². The Kier molecular flexibility index (Phi) is 4.56. The van der Waals surface area contributed by atoms with Crippen LogP contribution in [-0.2, 0) is 6.54 Å². The molecule has 0 radical (unpaired) electrons. The average molecular weight is 343 g/mol. The van der Waals surface area contributed by atoms with Crippen LogP contribution in [0.3, 0.4) is 0 Å². The van der Waals surface area contributed by atoms with Gasteiger partial charge in [-0.15, -0.1) is 0 Å². The number of phenols is 1. The summed E-state index contributed by atoms with van der Waals surface area (Å²) in [5, 5.41) is 13.4. The average Bonchev–Trinajstić information content (AvgIpc) is 2.40. The van der Waals surface area contributed by atoms with Crippen LogP contribution in [0.15, 0.2) is 40.9 Å². The van der Waals surface area contributed by atoms with E-state index < -0.39 is 0 Å². The number of ether oxygens (including phenoxy) is 1. The van der Waals surface area contributed by atoms with Gasteiger partial charge in [-0.3, -0.25) is 0 Å². The van der Waals surface area contributed by atoms with Crippen molar-refractivity contribution < 1.29 is 9.84 Å². The van der Waals surface area contributed by atoms with Gasteiger partial charge in [-0.2, -0.15) is 0 Å². The number of methoxy groups -OCH3 is 1. The second-order valence-corrected chi connectivity index (χ2v) is 5.27. The van der Waals surface area contributed by atoms with Crippen molar-refractivity contribution in [3.63, 3.8) is 0 Å². The fraction of sp³-hybridized carbons (Fsp3) is 0.143. The lowest BCUT2D eigenvalue weighted by molar-refractivity contribution is 0.416. The van der Waals surface area contributed by atoms with Gasteiger partial charge < -0.3 is 15.2 Å². The standard InChI is InChI=1S/C14H13BrClNO2/c1-19-13-6-5-10(15)7-12(13)17-8-9-3-2-4-11(16)14(9)18/h2-7,17-18H,8H2,1H3. The molecule has 2 aromatic carbocycles. The number of anilines is 1. The normalized spacial score (nSPS) is 10.3. The molecule has 0 fully saturated rings. The molecule has 0 heterocycles. The Hall–Kier alpha value is -1.39. The largest absolute Gasteiger partial charge is 0.506 e. The highest BCUT2D eigenvalue weighted by Gasteiger charge is 2.07. The summed E-state index contributed by atoms with van der Waals surface area (Å²) >= 11 is 9.28. The summed E-state index contributed by atoms with van der Waals surface area (Å²) in [6.45, 7) is 0.458. The summed E-state index contributed by atoms with van der Waals surface area (Å²) in [6.07, 6.45) is 0. The minimum atomic E-state index is 0.102. The van der Waals surface area contributed by atoms with E-state index in [-0.39, 0.29) is 5.75 Å². The Morgan fingerprint density at radius 2 is 2.11 bits per heavy atom. The second kappa shape index (κ2) is 6.17. The van der Waals surface area contributed by atoms with Crippen molar-refractivity contribution in [2.75, 3.05) is 12.4 Å². The molecule has 0 atom stereocenters. The van der Waals surface area contributed by atoms with Crippen molar-refractivity contribution in [1.82, 2.24) is 0 Å². The first kappa shape index (κ1) is 14.0. The van der Waals surface area contributed by atoms with Gasteiger partial charge in [0.25, 0.3) is 0 Å². The minimum absolute atomic E-state index is 0.102. The highest BCUT2D eigenvalue weighted by molar-refractivity contribution is 9.10. The van der Waals surface area contributed by atoms with E-state index in [1.54, 1.807) is 19.2 Å². The number of rotatable bonds is 4. The number of benzene rings is 2. The molecular formula is C14H13BrClNO2. The van der Waals surface area contributed by atoms with Crippen LogP contribution in [0.5, 0.6) is 11.5 Å². The molecule has 2 rings (SSSR count). The van der Waals surface area contributed by atoms with Crippen molar-refractivity contribution in [1.29, 1.82) is 0 Å². The summed E-state index contributed by atoms with van der Waals surface area (Å²) in [6, 6.07) is 11.0. The van der Waals surface area contributed by atoms with Gasteiger partial charge in [0.2, 0.25) is 0 Å². The Labute approximate surface area is 125 Å². The topological polar surface area (TPSA) is 41.5 Å². The molecule has 3 nitrogen and oxygen atoms in total. The van der Waals surface area contributed by atoms with E-state index in [2.05, 4.69) is 21.2 Å². The number of hydrogen-bond donors (Lipinski definition) is 2. The molecule has 0 bridgehead atoms. The van der Waals surface area contributed by atoms with Crippen molar-refractivity contribution in [2.45, 2.75) is 6.54 Å². The number of aromatic hydroxyl groups is 1. The Balaban J connectivity index is 2.18. The van der Waals surface area contributed by atoms with Crippen LogP contribution in [0.4, 0.5) is 5.69 Å². The van der Waals surface area contributed by atoms with Crippen LogP contribution in [0.25, 0.3) is 0 Å². The molecular weight excluding hydrogens is 330 g/mol. The Bertz CT molecular complexity index is 590. The molecule has 2 N–H and O–H groups in total. The number of phenolic OH excluding ortho intramolecular Hbond substituents is 1. The zero-order valence-electron chi connectivity index (χ0n) is 10.3. The molecule has 0 aliphatic heterocycles. The van der Waals surface area contributed by atoms with Gasteiger partial charge in [-0.05, 0) is 24.3 Å². The van der Waals surface area contributed by atoms with Gasteiger partial charge in [0, 0.05) is 16.6 Å². The number of para-hydroxylation sites is 1. The first-order valence-electron chi connectivity index (χ1n) is 5.65. The van der Waals surface area contributed by atoms with Crippen molar-refractivity contribution in [2.24, 2.45) is 0 Å². The van der Waals surface area contributed by atoms with Crippen molar-refractivity contribution in [3.8, 4) is 11.5 Å². The summed E-state index contributed by atoms with van der Waals surface area (Å²) in [5.41, 5.74) is 1.57. The van der Waals surface area contributed by atoms with E-state index in [1.165, 1.54) is 0 Å². The molecule has 5 heteroatoms. The SMILES string of the molecule is COc1ccc(Br)cc1NCc1cccc(Cl)c1O. The molecule has 0 unspecified atom stereocenters. The van der Waals surface area contributed by atoms with E-state index >= 15 is 0 Å². The fourth-order valence-corrected chi connectivity index (χ4v) is 2.27. The predicted molar refractivity (Wildman–Crippen MR) is 81.1 cm³/mol. The summed E-state index contributed by atoms with van der Waals surface area (Å²) in [4.78, 5) is 0. The van der Waals surface area contributed by atoms with Crippen molar-refractivity contribution in [3.05, 3.63) is 51.5 Å². The quantitative estimate of drug-likeness (QED) is 0.863. The third-order valence-corrected chi connectivity index (χ3v) is 3.50. The number of hydrogen-bond acceptors (Lipinski definition) is 3. The zero-order valence-corrected chi connectivity index (χ0v) is 12.6. The van der Waals surface area contributed by atoms with Crippen LogP contribution in [0.2, 0.25) is 5.02 Å². The highest BCUT2D eigenvalue weighted by Crippen LogP contribution is 2.31. The lowest BCUT2D eigenvalue weighted by Crippen LogP contribution is -2.01. The molecule has 100 valence electrons. The molecule has 0 spiro atoms. The fourth-order valence-electron chi connectivity index (χ4n) is 1.71. The van der Waals surface area contributed by atoms with E-state index in [0.29, 0.717) is 11.6 Å². The molecule has 0 saturated heterocycles. The Morgan fingerprint density at radius 3 is 2.84 bits per heavy atom. The van der Waals surface area contributed by atoms with E-state index in [1.807, 2.05) is 24.3 Å². The predicted octanol–water partition coefficient (Wildman–Crippen LogP) is 4.43. The lowest BCUT2D eigenvalue weighted by atomic mass is 10.2. The van der Waals surface area contributed by atoms with Crippen LogP contribution in [-0.4, -0.2) is 12.2 Å². The number of nitrogens with one attached hydrogen (secondary N) is 1. The smallest absolute Gasteiger partial charge is 0.142 e. The molecule has 0 amide bonds.